The molecule has 0 saturated carbocycles. The summed E-state index contributed by atoms with van der Waals surface area (Å²) in [6.07, 6.45) is 0. The normalized spacial score (nSPS) is 11.5. The summed E-state index contributed by atoms with van der Waals surface area (Å²) in [6.45, 7) is 3.55. The molecule has 6 heteroatoms. The Hall–Kier alpha value is -2.05. The van der Waals surface area contributed by atoms with Gasteiger partial charge in [-0.2, -0.15) is 0 Å². The molecule has 0 bridgehead atoms. The lowest BCUT2D eigenvalue weighted by Gasteiger charge is -2.13. The molecule has 2 aromatic carbocycles. The highest BCUT2D eigenvalue weighted by atomic mass is 32.2. The van der Waals surface area contributed by atoms with Crippen molar-refractivity contribution in [3.05, 3.63) is 54.1 Å². The van der Waals surface area contributed by atoms with Gasteiger partial charge >= 0.3 is 0 Å². The SMILES string of the molecule is Cc1ccccc1S(=O)(=O)Nc1ccc(NCCN(C)C)cc1. The van der Waals surface area contributed by atoms with Crippen molar-refractivity contribution < 1.29 is 8.42 Å². The van der Waals surface area contributed by atoms with Crippen LogP contribution in [0.5, 0.6) is 0 Å². The summed E-state index contributed by atoms with van der Waals surface area (Å²) < 4.78 is 27.5. The van der Waals surface area contributed by atoms with Crippen LogP contribution in [0.2, 0.25) is 0 Å². The van der Waals surface area contributed by atoms with Crippen LogP contribution in [-0.4, -0.2) is 40.5 Å². The van der Waals surface area contributed by atoms with Gasteiger partial charge < -0.3 is 10.2 Å². The summed E-state index contributed by atoms with van der Waals surface area (Å²) in [5, 5.41) is 3.29. The van der Waals surface area contributed by atoms with E-state index in [1.807, 2.05) is 32.3 Å². The lowest BCUT2D eigenvalue weighted by Crippen LogP contribution is -2.20. The Balaban J connectivity index is 2.04. The van der Waals surface area contributed by atoms with E-state index in [1.54, 1.807) is 37.3 Å². The number of likely N-dealkylation sites (N-methyl/N-ethyl adjacent to an activating group) is 1. The van der Waals surface area contributed by atoms with E-state index < -0.39 is 10.0 Å². The van der Waals surface area contributed by atoms with Crippen molar-refractivity contribution in [2.24, 2.45) is 0 Å². The fourth-order valence-corrected chi connectivity index (χ4v) is 3.45. The largest absolute Gasteiger partial charge is 0.384 e. The van der Waals surface area contributed by atoms with Crippen molar-refractivity contribution in [2.45, 2.75) is 11.8 Å². The molecule has 124 valence electrons. The van der Waals surface area contributed by atoms with Crippen LogP contribution in [0.15, 0.2) is 53.4 Å². The molecule has 0 aliphatic rings. The molecule has 0 aliphatic carbocycles. The maximum Gasteiger partial charge on any atom is 0.262 e. The molecule has 0 aromatic heterocycles. The molecule has 2 N–H and O–H groups in total. The first kappa shape index (κ1) is 17.3. The van der Waals surface area contributed by atoms with E-state index >= 15 is 0 Å². The van der Waals surface area contributed by atoms with Crippen LogP contribution in [-0.2, 0) is 10.0 Å². The topological polar surface area (TPSA) is 61.4 Å². The van der Waals surface area contributed by atoms with E-state index in [0.29, 0.717) is 10.6 Å². The first-order valence-corrected chi connectivity index (χ1v) is 8.94. The highest BCUT2D eigenvalue weighted by Gasteiger charge is 2.16. The molecule has 0 spiro atoms. The molecular weight excluding hydrogens is 310 g/mol. The van der Waals surface area contributed by atoms with Gasteiger partial charge in [0.25, 0.3) is 10.0 Å². The Morgan fingerprint density at radius 1 is 0.957 bits per heavy atom. The maximum atomic E-state index is 12.4. The minimum atomic E-state index is -3.56. The van der Waals surface area contributed by atoms with Crippen LogP contribution in [0.25, 0.3) is 0 Å². The Morgan fingerprint density at radius 3 is 2.17 bits per heavy atom. The second kappa shape index (κ2) is 7.48. The van der Waals surface area contributed by atoms with Crippen LogP contribution in [0.4, 0.5) is 11.4 Å². The number of hydrogen-bond acceptors (Lipinski definition) is 4. The number of sulfonamides is 1. The molecule has 2 rings (SSSR count). The van der Waals surface area contributed by atoms with Crippen LogP contribution < -0.4 is 10.0 Å². The first-order chi connectivity index (χ1) is 10.9. The third-order valence-electron chi connectivity index (χ3n) is 3.41. The number of aryl methyl sites for hydroxylation is 1. The monoisotopic (exact) mass is 333 g/mol. The Morgan fingerprint density at radius 2 is 1.57 bits per heavy atom. The summed E-state index contributed by atoms with van der Waals surface area (Å²) in [5.41, 5.74) is 2.24. The molecule has 2 aromatic rings. The zero-order chi connectivity index (χ0) is 16.9. The van der Waals surface area contributed by atoms with Crippen molar-refractivity contribution in [2.75, 3.05) is 37.2 Å². The second-order valence-corrected chi connectivity index (χ2v) is 7.33. The minimum Gasteiger partial charge on any atom is -0.384 e. The fourth-order valence-electron chi connectivity index (χ4n) is 2.15. The third-order valence-corrected chi connectivity index (χ3v) is 4.95. The molecule has 0 amide bonds. The van der Waals surface area contributed by atoms with E-state index in [2.05, 4.69) is 14.9 Å². The van der Waals surface area contributed by atoms with Crippen LogP contribution >= 0.6 is 0 Å². The Bertz CT molecular complexity index is 741. The Labute approximate surface area is 138 Å². The van der Waals surface area contributed by atoms with Gasteiger partial charge in [0, 0.05) is 24.5 Å². The smallest absolute Gasteiger partial charge is 0.262 e. The van der Waals surface area contributed by atoms with E-state index in [0.717, 1.165) is 24.3 Å². The zero-order valence-electron chi connectivity index (χ0n) is 13.7. The molecule has 0 radical (unpaired) electrons. The van der Waals surface area contributed by atoms with Gasteiger partial charge in [-0.05, 0) is 56.9 Å². The summed E-state index contributed by atoms with van der Waals surface area (Å²) >= 11 is 0. The molecule has 5 nitrogen and oxygen atoms in total. The average molecular weight is 333 g/mol. The standard InChI is InChI=1S/C17H23N3O2S/c1-14-6-4-5-7-17(14)23(21,22)19-16-10-8-15(9-11-16)18-12-13-20(2)3/h4-11,18-19H,12-13H2,1-3H3. The van der Waals surface area contributed by atoms with Gasteiger partial charge in [0.15, 0.2) is 0 Å². The molecule has 23 heavy (non-hydrogen) atoms. The lowest BCUT2D eigenvalue weighted by molar-refractivity contribution is 0.425. The van der Waals surface area contributed by atoms with E-state index in [-0.39, 0.29) is 0 Å². The maximum absolute atomic E-state index is 12.4. The highest BCUT2D eigenvalue weighted by Crippen LogP contribution is 2.20. The third kappa shape index (κ3) is 4.97. The number of rotatable bonds is 7. The predicted octanol–water partition coefficient (Wildman–Crippen LogP) is 2.77. The first-order valence-electron chi connectivity index (χ1n) is 7.45. The van der Waals surface area contributed by atoms with E-state index in [1.165, 1.54) is 0 Å². The van der Waals surface area contributed by atoms with Crippen molar-refractivity contribution in [1.29, 1.82) is 0 Å². The molecular formula is C17H23N3O2S. The Kier molecular flexibility index (Phi) is 5.63. The van der Waals surface area contributed by atoms with Gasteiger partial charge in [0.2, 0.25) is 0 Å². The lowest BCUT2D eigenvalue weighted by atomic mass is 10.2. The molecule has 0 aliphatic heterocycles. The minimum absolute atomic E-state index is 0.299. The molecule has 0 saturated heterocycles. The van der Waals surface area contributed by atoms with Crippen molar-refractivity contribution in [3.63, 3.8) is 0 Å². The molecule has 0 atom stereocenters. The van der Waals surface area contributed by atoms with Crippen LogP contribution in [0.1, 0.15) is 5.56 Å². The number of anilines is 2. The molecule has 0 heterocycles. The summed E-state index contributed by atoms with van der Waals surface area (Å²) in [6, 6.07) is 14.2. The van der Waals surface area contributed by atoms with Gasteiger partial charge in [-0.3, -0.25) is 4.72 Å². The molecule has 0 unspecified atom stereocenters. The van der Waals surface area contributed by atoms with Crippen molar-refractivity contribution >= 4 is 21.4 Å². The fraction of sp³-hybridized carbons (Fsp3) is 0.294. The summed E-state index contributed by atoms with van der Waals surface area (Å²) in [7, 11) is 0.476. The summed E-state index contributed by atoms with van der Waals surface area (Å²) in [5.74, 6) is 0. The number of nitrogens with one attached hydrogen (secondary N) is 2. The number of benzene rings is 2. The van der Waals surface area contributed by atoms with E-state index in [9.17, 15) is 8.42 Å². The highest BCUT2D eigenvalue weighted by molar-refractivity contribution is 7.92. The quantitative estimate of drug-likeness (QED) is 0.818. The van der Waals surface area contributed by atoms with Crippen molar-refractivity contribution in [3.8, 4) is 0 Å². The van der Waals surface area contributed by atoms with Gasteiger partial charge in [0.05, 0.1) is 4.90 Å². The van der Waals surface area contributed by atoms with Crippen LogP contribution in [0, 0.1) is 6.92 Å². The second-order valence-electron chi connectivity index (χ2n) is 5.68. The van der Waals surface area contributed by atoms with Gasteiger partial charge in [-0.25, -0.2) is 8.42 Å². The molecule has 0 fully saturated rings. The predicted molar refractivity (Wildman–Crippen MR) is 95.5 cm³/mol. The average Bonchev–Trinajstić information content (AvgIpc) is 2.48. The van der Waals surface area contributed by atoms with Gasteiger partial charge in [-0.1, -0.05) is 18.2 Å². The number of nitrogens with zero attached hydrogens (tertiary/aromatic N) is 1. The van der Waals surface area contributed by atoms with Crippen molar-refractivity contribution in [1.82, 2.24) is 4.90 Å². The summed E-state index contributed by atoms with van der Waals surface area (Å²) in [4.78, 5) is 2.39. The van der Waals surface area contributed by atoms with Gasteiger partial charge in [-0.15, -0.1) is 0 Å². The van der Waals surface area contributed by atoms with Gasteiger partial charge in [0.1, 0.15) is 0 Å². The zero-order valence-corrected chi connectivity index (χ0v) is 14.5. The van der Waals surface area contributed by atoms with Crippen LogP contribution in [0.3, 0.4) is 0 Å². The van der Waals surface area contributed by atoms with E-state index in [4.69, 9.17) is 0 Å². The number of hydrogen-bond donors (Lipinski definition) is 2.